The van der Waals surface area contributed by atoms with Crippen LogP contribution in [-0.4, -0.2) is 18.1 Å². The Morgan fingerprint density at radius 3 is 3.00 bits per heavy atom. The van der Waals surface area contributed by atoms with Crippen molar-refractivity contribution in [2.75, 3.05) is 7.11 Å². The van der Waals surface area contributed by atoms with Crippen molar-refractivity contribution >= 4 is 56.2 Å². The van der Waals surface area contributed by atoms with Crippen molar-refractivity contribution < 1.29 is 9.53 Å². The minimum absolute atomic E-state index is 0.202. The van der Waals surface area contributed by atoms with Crippen LogP contribution in [0.25, 0.3) is 9.88 Å². The number of hydrogen-bond acceptors (Lipinski definition) is 5. The molecule has 0 unspecified atom stereocenters. The van der Waals surface area contributed by atoms with E-state index in [2.05, 4.69) is 25.7 Å². The predicted octanol–water partition coefficient (Wildman–Crippen LogP) is 4.00. The fourth-order valence-corrected chi connectivity index (χ4v) is 3.76. The fraction of sp³-hybridized carbons (Fsp3) is 0.200. The van der Waals surface area contributed by atoms with E-state index in [1.807, 2.05) is 11.4 Å². The summed E-state index contributed by atoms with van der Waals surface area (Å²) in [5.74, 6) is -0.285. The highest BCUT2D eigenvalue weighted by Gasteiger charge is 2.12. The van der Waals surface area contributed by atoms with Crippen LogP contribution in [0.4, 0.5) is 0 Å². The monoisotopic (exact) mass is 351 g/mol. The zero-order valence-corrected chi connectivity index (χ0v) is 12.7. The third-order valence-electron chi connectivity index (χ3n) is 1.96. The third kappa shape index (κ3) is 3.07. The number of thiophene rings is 1. The van der Waals surface area contributed by atoms with Crippen LogP contribution in [-0.2, 0) is 16.0 Å². The molecule has 3 nitrogen and oxygen atoms in total. The maximum Gasteiger partial charge on any atom is 0.311 e. The molecule has 0 spiro atoms. The summed E-state index contributed by atoms with van der Waals surface area (Å²) in [6.45, 7) is 0. The number of halogens is 2. The average molecular weight is 353 g/mol. The Labute approximate surface area is 120 Å². The molecule has 2 aromatic heterocycles. The van der Waals surface area contributed by atoms with Gasteiger partial charge in [-0.1, -0.05) is 11.6 Å². The van der Waals surface area contributed by atoms with Crippen molar-refractivity contribution in [1.29, 1.82) is 0 Å². The van der Waals surface area contributed by atoms with Gasteiger partial charge in [-0.2, -0.15) is 0 Å². The van der Waals surface area contributed by atoms with E-state index >= 15 is 0 Å². The number of carbonyl (C=O) groups excluding carboxylic acids is 1. The highest BCUT2D eigenvalue weighted by Crippen LogP contribution is 2.39. The molecule has 2 aromatic rings. The lowest BCUT2D eigenvalue weighted by atomic mass is 10.3. The molecule has 0 radical (unpaired) electrons. The second-order valence-electron chi connectivity index (χ2n) is 3.13. The second kappa shape index (κ2) is 5.48. The van der Waals surface area contributed by atoms with E-state index in [9.17, 15) is 4.79 Å². The zero-order valence-electron chi connectivity index (χ0n) is 8.70. The van der Waals surface area contributed by atoms with Crippen LogP contribution in [0.1, 0.15) is 5.69 Å². The van der Waals surface area contributed by atoms with Gasteiger partial charge in [-0.05, 0) is 22.0 Å². The van der Waals surface area contributed by atoms with Crippen molar-refractivity contribution in [3.63, 3.8) is 0 Å². The van der Waals surface area contributed by atoms with Crippen molar-refractivity contribution in [3.8, 4) is 9.88 Å². The molecule has 0 fully saturated rings. The molecule has 0 N–H and O–H groups in total. The van der Waals surface area contributed by atoms with E-state index in [1.165, 1.54) is 29.8 Å². The van der Waals surface area contributed by atoms with Gasteiger partial charge in [0, 0.05) is 9.85 Å². The van der Waals surface area contributed by atoms with Crippen LogP contribution in [0.2, 0.25) is 4.34 Å². The number of ether oxygens (including phenoxy) is 1. The molecule has 0 saturated heterocycles. The van der Waals surface area contributed by atoms with Gasteiger partial charge in [-0.15, -0.1) is 22.7 Å². The molecular formula is C10H7BrClNO2S2. The van der Waals surface area contributed by atoms with E-state index in [0.29, 0.717) is 4.34 Å². The van der Waals surface area contributed by atoms with Gasteiger partial charge in [0.05, 0.1) is 24.1 Å². The molecule has 90 valence electrons. The smallest absolute Gasteiger partial charge is 0.311 e. The number of hydrogen-bond donors (Lipinski definition) is 0. The summed E-state index contributed by atoms with van der Waals surface area (Å²) in [6.07, 6.45) is 0.202. The number of esters is 1. The van der Waals surface area contributed by atoms with Gasteiger partial charge in [0.2, 0.25) is 0 Å². The molecule has 0 aliphatic carbocycles. The number of methoxy groups -OCH3 is 1. The molecule has 2 rings (SSSR count). The van der Waals surface area contributed by atoms with Crippen LogP contribution in [0.15, 0.2) is 15.9 Å². The van der Waals surface area contributed by atoms with Crippen molar-refractivity contribution in [3.05, 3.63) is 25.9 Å². The molecule has 0 aliphatic rings. The largest absolute Gasteiger partial charge is 0.469 e. The van der Waals surface area contributed by atoms with Gasteiger partial charge < -0.3 is 4.74 Å². The SMILES string of the molecule is COC(=O)Cc1csc(-c2cc(Br)c(Cl)s2)n1. The van der Waals surface area contributed by atoms with Crippen LogP contribution in [0.5, 0.6) is 0 Å². The van der Waals surface area contributed by atoms with Crippen LogP contribution in [0.3, 0.4) is 0 Å². The minimum Gasteiger partial charge on any atom is -0.469 e. The predicted molar refractivity (Wildman–Crippen MR) is 73.9 cm³/mol. The number of aromatic nitrogens is 1. The molecule has 0 amide bonds. The van der Waals surface area contributed by atoms with Crippen molar-refractivity contribution in [1.82, 2.24) is 4.98 Å². The Kier molecular flexibility index (Phi) is 4.19. The Hall–Kier alpha value is -0.430. The molecule has 0 aromatic carbocycles. The molecule has 2 heterocycles. The number of thiazole rings is 1. The molecule has 17 heavy (non-hydrogen) atoms. The summed E-state index contributed by atoms with van der Waals surface area (Å²) in [4.78, 5) is 16.5. The minimum atomic E-state index is -0.285. The molecule has 7 heteroatoms. The van der Waals surface area contributed by atoms with Crippen LogP contribution >= 0.6 is 50.2 Å². The van der Waals surface area contributed by atoms with Crippen LogP contribution < -0.4 is 0 Å². The fourth-order valence-electron chi connectivity index (χ4n) is 1.17. The van der Waals surface area contributed by atoms with Gasteiger partial charge in [0.25, 0.3) is 0 Å². The number of rotatable bonds is 3. The highest BCUT2D eigenvalue weighted by atomic mass is 79.9. The summed E-state index contributed by atoms with van der Waals surface area (Å²) in [6, 6.07) is 1.92. The average Bonchev–Trinajstić information content (AvgIpc) is 2.87. The van der Waals surface area contributed by atoms with E-state index in [4.69, 9.17) is 11.6 Å². The van der Waals surface area contributed by atoms with E-state index in [1.54, 1.807) is 0 Å². The maximum atomic E-state index is 11.1. The normalized spacial score (nSPS) is 10.5. The van der Waals surface area contributed by atoms with Crippen molar-refractivity contribution in [2.45, 2.75) is 6.42 Å². The summed E-state index contributed by atoms with van der Waals surface area (Å²) in [5.41, 5.74) is 0.720. The quantitative estimate of drug-likeness (QED) is 0.784. The summed E-state index contributed by atoms with van der Waals surface area (Å²) in [7, 11) is 1.37. The van der Waals surface area contributed by atoms with Gasteiger partial charge in [-0.3, -0.25) is 4.79 Å². The Bertz CT molecular complexity index is 533. The number of carbonyl (C=O) groups is 1. The summed E-state index contributed by atoms with van der Waals surface area (Å²) in [5, 5.41) is 2.72. The van der Waals surface area contributed by atoms with Crippen molar-refractivity contribution in [2.24, 2.45) is 0 Å². The molecule has 0 saturated carbocycles. The Balaban J connectivity index is 2.20. The standard InChI is InChI=1S/C10H7BrClNO2S2/c1-15-8(14)2-5-4-16-10(13-5)7-3-6(11)9(12)17-7/h3-4H,2H2,1H3. The van der Waals surface area contributed by atoms with Crippen LogP contribution in [0, 0.1) is 0 Å². The molecule has 0 aliphatic heterocycles. The second-order valence-corrected chi connectivity index (χ2v) is 6.50. The Morgan fingerprint density at radius 1 is 1.65 bits per heavy atom. The Morgan fingerprint density at radius 2 is 2.41 bits per heavy atom. The number of nitrogens with zero attached hydrogens (tertiary/aromatic N) is 1. The van der Waals surface area contributed by atoms with Gasteiger partial charge in [0.15, 0.2) is 0 Å². The van der Waals surface area contributed by atoms with E-state index < -0.39 is 0 Å². The first-order valence-corrected chi connectivity index (χ1v) is 7.43. The van der Waals surface area contributed by atoms with E-state index in [0.717, 1.165) is 20.1 Å². The van der Waals surface area contributed by atoms with E-state index in [-0.39, 0.29) is 12.4 Å². The molecule has 0 bridgehead atoms. The van der Waals surface area contributed by atoms with Gasteiger partial charge in [0.1, 0.15) is 9.34 Å². The first kappa shape index (κ1) is 13.0. The zero-order chi connectivity index (χ0) is 12.4. The summed E-state index contributed by atoms with van der Waals surface area (Å²) >= 11 is 12.3. The van der Waals surface area contributed by atoms with Gasteiger partial charge in [-0.25, -0.2) is 4.98 Å². The summed E-state index contributed by atoms with van der Waals surface area (Å²) < 4.78 is 6.16. The first-order valence-electron chi connectivity index (χ1n) is 4.56. The highest BCUT2D eigenvalue weighted by molar-refractivity contribution is 9.10. The maximum absolute atomic E-state index is 11.1. The first-order chi connectivity index (χ1) is 8.10. The molecular weight excluding hydrogens is 346 g/mol. The lowest BCUT2D eigenvalue weighted by molar-refractivity contribution is -0.139. The molecule has 0 atom stereocenters. The lowest BCUT2D eigenvalue weighted by Crippen LogP contribution is -2.04. The topological polar surface area (TPSA) is 39.2 Å². The third-order valence-corrected chi connectivity index (χ3v) is 5.50. The lowest BCUT2D eigenvalue weighted by Gasteiger charge is -1.93. The van der Waals surface area contributed by atoms with Gasteiger partial charge >= 0.3 is 5.97 Å².